The van der Waals surface area contributed by atoms with Gasteiger partial charge < -0.3 is 29.2 Å². The fourth-order valence-corrected chi connectivity index (χ4v) is 4.31. The van der Waals surface area contributed by atoms with Crippen LogP contribution in [0.5, 0.6) is 17.2 Å². The number of esters is 1. The van der Waals surface area contributed by atoms with Crippen molar-refractivity contribution in [3.63, 3.8) is 0 Å². The van der Waals surface area contributed by atoms with E-state index in [0.29, 0.717) is 55.4 Å². The number of aryl methyl sites for hydroxylation is 1. The van der Waals surface area contributed by atoms with Crippen molar-refractivity contribution in [2.75, 3.05) is 33.0 Å². The first kappa shape index (κ1) is 32.2. The smallest absolute Gasteiger partial charge is 0.343 e. The molecule has 1 unspecified atom stereocenters. The minimum Gasteiger partial charge on any atom is -0.494 e. The van der Waals surface area contributed by atoms with E-state index in [2.05, 4.69) is 6.58 Å². The second-order valence-corrected chi connectivity index (χ2v) is 10.0. The van der Waals surface area contributed by atoms with Crippen LogP contribution in [-0.4, -0.2) is 72.2 Å². The van der Waals surface area contributed by atoms with Gasteiger partial charge in [0.15, 0.2) is 6.29 Å². The fraction of sp³-hybridized carbons (Fsp3) is 0.265. The number of nitrogens with zero attached hydrogens (tertiary/aromatic N) is 1. The molecule has 1 heterocycles. The zero-order valence-corrected chi connectivity index (χ0v) is 24.4. The average Bonchev–Trinajstić information content (AvgIpc) is 3.35. The number of aliphatic hydroxyl groups excluding tert-OH is 2. The molecule has 1 aliphatic heterocycles. The zero-order valence-electron chi connectivity index (χ0n) is 24.4. The number of aliphatic hydroxyl groups is 2. The second kappa shape index (κ2) is 15.6. The van der Waals surface area contributed by atoms with Crippen molar-refractivity contribution in [3.8, 4) is 28.4 Å². The van der Waals surface area contributed by atoms with Crippen molar-refractivity contribution in [1.82, 2.24) is 4.90 Å². The van der Waals surface area contributed by atoms with E-state index in [1.165, 1.54) is 17.1 Å². The van der Waals surface area contributed by atoms with Gasteiger partial charge in [-0.05, 0) is 78.6 Å². The molecule has 230 valence electrons. The third kappa shape index (κ3) is 8.87. The number of benzene rings is 3. The third-order valence-corrected chi connectivity index (χ3v) is 6.74. The highest BCUT2D eigenvalue weighted by atomic mass is 16.6. The van der Waals surface area contributed by atoms with Crippen molar-refractivity contribution in [1.29, 1.82) is 0 Å². The molecule has 1 aliphatic rings. The van der Waals surface area contributed by atoms with E-state index in [0.717, 1.165) is 16.7 Å². The summed E-state index contributed by atoms with van der Waals surface area (Å²) in [5.74, 6) is 0.596. The summed E-state index contributed by atoms with van der Waals surface area (Å²) in [6.45, 7) is 6.35. The molecule has 10 nitrogen and oxygen atoms in total. The van der Waals surface area contributed by atoms with Crippen LogP contribution in [0.15, 0.2) is 91.0 Å². The number of amides is 2. The van der Waals surface area contributed by atoms with Crippen LogP contribution in [0.2, 0.25) is 0 Å². The van der Waals surface area contributed by atoms with Crippen LogP contribution in [0.1, 0.15) is 28.8 Å². The molecule has 1 atom stereocenters. The fourth-order valence-electron chi connectivity index (χ4n) is 4.31. The topological polar surface area (TPSA) is 132 Å². The molecule has 2 amide bonds. The Labute approximate surface area is 255 Å². The summed E-state index contributed by atoms with van der Waals surface area (Å²) in [7, 11) is 0. The Morgan fingerprint density at radius 1 is 0.841 bits per heavy atom. The Morgan fingerprint density at radius 3 is 2.05 bits per heavy atom. The number of carbonyl (C=O) groups excluding carboxylic acids is 3. The minimum atomic E-state index is -1.21. The van der Waals surface area contributed by atoms with Gasteiger partial charge in [-0.1, -0.05) is 24.8 Å². The lowest BCUT2D eigenvalue weighted by Crippen LogP contribution is -2.31. The third-order valence-electron chi connectivity index (χ3n) is 6.74. The van der Waals surface area contributed by atoms with Crippen LogP contribution < -0.4 is 14.2 Å². The number of hydrogen-bond acceptors (Lipinski definition) is 9. The number of hydrogen-bond donors (Lipinski definition) is 2. The highest BCUT2D eigenvalue weighted by Crippen LogP contribution is 2.29. The maximum atomic E-state index is 12.7. The van der Waals surface area contributed by atoms with Gasteiger partial charge in [-0.15, -0.1) is 0 Å². The quantitative estimate of drug-likeness (QED) is 0.0618. The Balaban J connectivity index is 1.21. The lowest BCUT2D eigenvalue weighted by Gasteiger charge is -2.14. The Kier molecular flexibility index (Phi) is 11.4. The van der Waals surface area contributed by atoms with Crippen LogP contribution in [0.3, 0.4) is 0 Å². The molecule has 10 heteroatoms. The van der Waals surface area contributed by atoms with Gasteiger partial charge in [0.1, 0.15) is 17.2 Å². The molecule has 0 spiro atoms. The van der Waals surface area contributed by atoms with E-state index in [4.69, 9.17) is 24.1 Å². The summed E-state index contributed by atoms with van der Waals surface area (Å²) in [5, 5.41) is 18.5. The number of rotatable bonds is 16. The van der Waals surface area contributed by atoms with Crippen molar-refractivity contribution in [2.45, 2.75) is 26.1 Å². The van der Waals surface area contributed by atoms with E-state index in [9.17, 15) is 19.5 Å². The average molecular weight is 602 g/mol. The first-order valence-corrected chi connectivity index (χ1v) is 14.2. The van der Waals surface area contributed by atoms with Crippen molar-refractivity contribution in [3.05, 3.63) is 102 Å². The van der Waals surface area contributed by atoms with Gasteiger partial charge in [0.25, 0.3) is 11.8 Å². The normalized spacial score (nSPS) is 13.2. The van der Waals surface area contributed by atoms with Crippen LogP contribution in [0, 0.1) is 6.92 Å². The Bertz CT molecular complexity index is 1480. The van der Waals surface area contributed by atoms with E-state index >= 15 is 0 Å². The van der Waals surface area contributed by atoms with Gasteiger partial charge in [-0.2, -0.15) is 0 Å². The summed E-state index contributed by atoms with van der Waals surface area (Å²) in [5.41, 5.74) is 3.45. The molecular weight excluding hydrogens is 566 g/mol. The molecule has 0 radical (unpaired) electrons. The molecule has 0 fully saturated rings. The highest BCUT2D eigenvalue weighted by molar-refractivity contribution is 6.12. The van der Waals surface area contributed by atoms with E-state index in [1.54, 1.807) is 36.4 Å². The second-order valence-electron chi connectivity index (χ2n) is 10.0. The minimum absolute atomic E-state index is 0.192. The largest absolute Gasteiger partial charge is 0.494 e. The molecular formula is C34H35NO9. The summed E-state index contributed by atoms with van der Waals surface area (Å²) < 4.78 is 22.1. The molecule has 0 aromatic heterocycles. The van der Waals surface area contributed by atoms with E-state index in [-0.39, 0.29) is 30.6 Å². The van der Waals surface area contributed by atoms with Crippen LogP contribution in [-0.2, 0) is 14.3 Å². The van der Waals surface area contributed by atoms with Gasteiger partial charge in [0, 0.05) is 30.7 Å². The molecule has 0 saturated heterocycles. The van der Waals surface area contributed by atoms with Crippen molar-refractivity contribution >= 4 is 17.8 Å². The number of carbonyl (C=O) groups is 3. The highest BCUT2D eigenvalue weighted by Gasteiger charge is 2.22. The Morgan fingerprint density at radius 2 is 1.43 bits per heavy atom. The van der Waals surface area contributed by atoms with Crippen molar-refractivity contribution < 1.29 is 43.5 Å². The predicted octanol–water partition coefficient (Wildman–Crippen LogP) is 4.23. The van der Waals surface area contributed by atoms with Gasteiger partial charge in [0.2, 0.25) is 0 Å². The van der Waals surface area contributed by atoms with Gasteiger partial charge in [-0.25, -0.2) is 4.79 Å². The van der Waals surface area contributed by atoms with Crippen LogP contribution in [0.4, 0.5) is 0 Å². The Hall–Kier alpha value is -4.77. The molecule has 3 aromatic rings. The lowest BCUT2D eigenvalue weighted by atomic mass is 10.0. The molecule has 4 rings (SSSR count). The van der Waals surface area contributed by atoms with Gasteiger partial charge in [-0.3, -0.25) is 14.5 Å². The zero-order chi connectivity index (χ0) is 31.5. The van der Waals surface area contributed by atoms with Crippen LogP contribution >= 0.6 is 0 Å². The summed E-state index contributed by atoms with van der Waals surface area (Å²) in [6.07, 6.45) is 2.38. The molecule has 44 heavy (non-hydrogen) atoms. The van der Waals surface area contributed by atoms with Gasteiger partial charge in [0.05, 0.1) is 32.0 Å². The molecule has 2 N–H and O–H groups in total. The first-order chi connectivity index (χ1) is 21.2. The molecule has 0 bridgehead atoms. The SMILES string of the molecule is C=C(CO)C(O)OCCCOc1ccc(C(=O)Oc2ccc(-c3ccc(OCCCN4C(=O)C=CC4=O)cc3)c(C)c2)cc1. The molecule has 0 aliphatic carbocycles. The standard InChI is InChI=1S/C34H35NO9/c1-23-21-29(44-34(40)26-7-11-28(12-8-26)42-19-4-20-43-33(39)24(2)22-36)13-14-30(23)25-5-9-27(10-6-25)41-18-3-17-35-31(37)15-16-32(35)38/h5-16,21,33,36,39H,2-4,17-20,22H2,1H3. The van der Waals surface area contributed by atoms with Crippen molar-refractivity contribution in [2.24, 2.45) is 0 Å². The number of ether oxygens (including phenoxy) is 4. The predicted molar refractivity (Wildman–Crippen MR) is 162 cm³/mol. The van der Waals surface area contributed by atoms with E-state index in [1.807, 2.05) is 37.3 Å². The number of imide groups is 1. The maximum absolute atomic E-state index is 12.7. The summed E-state index contributed by atoms with van der Waals surface area (Å²) >= 11 is 0. The monoisotopic (exact) mass is 601 g/mol. The van der Waals surface area contributed by atoms with E-state index < -0.39 is 12.3 Å². The van der Waals surface area contributed by atoms with Crippen LogP contribution in [0.25, 0.3) is 11.1 Å². The maximum Gasteiger partial charge on any atom is 0.343 e. The van der Waals surface area contributed by atoms with Gasteiger partial charge >= 0.3 is 5.97 Å². The molecule has 3 aromatic carbocycles. The summed E-state index contributed by atoms with van der Waals surface area (Å²) in [6, 6.07) is 19.6. The first-order valence-electron chi connectivity index (χ1n) is 14.2. The lowest BCUT2D eigenvalue weighted by molar-refractivity contribution is -0.136. The molecule has 0 saturated carbocycles. The summed E-state index contributed by atoms with van der Waals surface area (Å²) in [4.78, 5) is 37.1.